The van der Waals surface area contributed by atoms with Crippen LogP contribution in [0, 0.1) is 18.3 Å². The molecule has 1 spiro atoms. The van der Waals surface area contributed by atoms with Gasteiger partial charge in [0.1, 0.15) is 5.82 Å². The Morgan fingerprint density at radius 1 is 1.15 bits per heavy atom. The molecular weight excluding hydrogens is 336 g/mol. The molecule has 27 heavy (non-hydrogen) atoms. The van der Waals surface area contributed by atoms with E-state index in [4.69, 9.17) is 0 Å². The summed E-state index contributed by atoms with van der Waals surface area (Å²) in [5, 5.41) is 0. The lowest BCUT2D eigenvalue weighted by Crippen LogP contribution is -2.47. The summed E-state index contributed by atoms with van der Waals surface area (Å²) >= 11 is 0. The number of likely N-dealkylation sites (tertiary alicyclic amines) is 2. The number of hydrogen-bond acceptors (Lipinski definition) is 3. The van der Waals surface area contributed by atoms with Gasteiger partial charge in [-0.2, -0.15) is 0 Å². The van der Waals surface area contributed by atoms with Crippen LogP contribution in [-0.4, -0.2) is 58.0 Å². The third-order valence-electron chi connectivity index (χ3n) is 7.26. The van der Waals surface area contributed by atoms with Crippen molar-refractivity contribution in [2.75, 3.05) is 32.7 Å². The molecule has 0 aromatic carbocycles. The maximum absolute atomic E-state index is 12.8. The van der Waals surface area contributed by atoms with Crippen molar-refractivity contribution in [3.63, 3.8) is 0 Å². The van der Waals surface area contributed by atoms with Gasteiger partial charge < -0.3 is 14.4 Å². The Balaban J connectivity index is 1.28. The van der Waals surface area contributed by atoms with E-state index in [2.05, 4.69) is 19.4 Å². The lowest BCUT2D eigenvalue weighted by Gasteiger charge is -2.42. The molecule has 3 heterocycles. The number of nitrogens with zero attached hydrogens (tertiary/aromatic N) is 4. The Kier molecular flexibility index (Phi) is 5.86. The average Bonchev–Trinajstić information content (AvgIpc) is 3.27. The molecule has 1 saturated carbocycles. The zero-order chi connectivity index (χ0) is 18.7. The second kappa shape index (κ2) is 8.34. The summed E-state index contributed by atoms with van der Waals surface area (Å²) in [6, 6.07) is 0. The van der Waals surface area contributed by atoms with Gasteiger partial charge in [-0.05, 0) is 51.5 Å². The predicted octanol–water partition coefficient (Wildman–Crippen LogP) is 3.48. The van der Waals surface area contributed by atoms with Crippen molar-refractivity contribution in [2.24, 2.45) is 11.3 Å². The van der Waals surface area contributed by atoms with E-state index < -0.39 is 0 Å². The van der Waals surface area contributed by atoms with E-state index in [-0.39, 0.29) is 0 Å². The van der Waals surface area contributed by atoms with Gasteiger partial charge in [-0.15, -0.1) is 0 Å². The van der Waals surface area contributed by atoms with E-state index in [9.17, 15) is 4.79 Å². The molecule has 5 nitrogen and oxygen atoms in total. The molecule has 1 aromatic heterocycles. The molecule has 2 saturated heterocycles. The van der Waals surface area contributed by atoms with Gasteiger partial charge in [0.15, 0.2) is 0 Å². The first kappa shape index (κ1) is 19.0. The third kappa shape index (κ3) is 4.56. The minimum absolute atomic E-state index is 0.323. The van der Waals surface area contributed by atoms with Crippen LogP contribution in [0.15, 0.2) is 12.4 Å². The average molecular weight is 373 g/mol. The quantitative estimate of drug-likeness (QED) is 0.795. The van der Waals surface area contributed by atoms with E-state index in [1.54, 1.807) is 0 Å². The van der Waals surface area contributed by atoms with Crippen LogP contribution in [0.25, 0.3) is 0 Å². The molecule has 1 aromatic rings. The standard InChI is InChI=1S/C22H36N4O/c1-19-23-11-15-25(19)13-8-21(27)26-14-10-22(18-26)9-5-12-24(17-22)16-20-6-3-2-4-7-20/h11,15,20H,2-10,12-14,16-18H2,1H3/t22-/m0/s1. The predicted molar refractivity (Wildman–Crippen MR) is 107 cm³/mol. The van der Waals surface area contributed by atoms with Gasteiger partial charge in [-0.3, -0.25) is 4.79 Å². The summed E-state index contributed by atoms with van der Waals surface area (Å²) in [7, 11) is 0. The Labute approximate surface area is 164 Å². The van der Waals surface area contributed by atoms with Crippen LogP contribution in [0.4, 0.5) is 0 Å². The van der Waals surface area contributed by atoms with E-state index in [0.29, 0.717) is 17.7 Å². The van der Waals surface area contributed by atoms with Gasteiger partial charge in [0, 0.05) is 57.0 Å². The maximum Gasteiger partial charge on any atom is 0.224 e. The van der Waals surface area contributed by atoms with Gasteiger partial charge in [-0.25, -0.2) is 4.98 Å². The maximum atomic E-state index is 12.8. The third-order valence-corrected chi connectivity index (χ3v) is 7.26. The number of carbonyl (C=O) groups is 1. The van der Waals surface area contributed by atoms with Crippen LogP contribution in [0.3, 0.4) is 0 Å². The number of imidazole rings is 1. The molecule has 0 N–H and O–H groups in total. The minimum Gasteiger partial charge on any atom is -0.342 e. The van der Waals surface area contributed by atoms with Crippen LogP contribution < -0.4 is 0 Å². The van der Waals surface area contributed by atoms with Gasteiger partial charge in [0.05, 0.1) is 0 Å². The monoisotopic (exact) mass is 372 g/mol. The summed E-state index contributed by atoms with van der Waals surface area (Å²) < 4.78 is 2.08. The Bertz CT molecular complexity index is 636. The number of piperidine rings is 1. The highest BCUT2D eigenvalue weighted by Crippen LogP contribution is 2.40. The summed E-state index contributed by atoms with van der Waals surface area (Å²) in [5.74, 6) is 2.24. The first-order chi connectivity index (χ1) is 13.1. The Morgan fingerprint density at radius 3 is 2.78 bits per heavy atom. The van der Waals surface area contributed by atoms with Crippen molar-refractivity contribution in [1.29, 1.82) is 0 Å². The van der Waals surface area contributed by atoms with Gasteiger partial charge in [-0.1, -0.05) is 19.3 Å². The second-order valence-electron chi connectivity index (χ2n) is 9.33. The molecule has 3 aliphatic rings. The van der Waals surface area contributed by atoms with Crippen LogP contribution >= 0.6 is 0 Å². The zero-order valence-corrected chi connectivity index (χ0v) is 17.0. The molecule has 0 bridgehead atoms. The minimum atomic E-state index is 0.323. The molecule has 4 rings (SSSR count). The van der Waals surface area contributed by atoms with Crippen molar-refractivity contribution >= 4 is 5.91 Å². The molecule has 3 fully saturated rings. The molecule has 2 aliphatic heterocycles. The number of aromatic nitrogens is 2. The highest BCUT2D eigenvalue weighted by atomic mass is 16.2. The number of carbonyl (C=O) groups excluding carboxylic acids is 1. The first-order valence-corrected chi connectivity index (χ1v) is 11.1. The van der Waals surface area contributed by atoms with Crippen LogP contribution in [-0.2, 0) is 11.3 Å². The van der Waals surface area contributed by atoms with Gasteiger partial charge >= 0.3 is 0 Å². The van der Waals surface area contributed by atoms with Crippen molar-refractivity contribution in [1.82, 2.24) is 19.4 Å². The fourth-order valence-corrected chi connectivity index (χ4v) is 5.70. The summed E-state index contributed by atoms with van der Waals surface area (Å²) in [4.78, 5) is 21.9. The SMILES string of the molecule is Cc1nccn1CCC(=O)N1CC[C@]2(CCCN(CC3CCCCC3)C2)C1. The van der Waals surface area contributed by atoms with Crippen LogP contribution in [0.1, 0.15) is 63.6 Å². The van der Waals surface area contributed by atoms with Gasteiger partial charge in [0.25, 0.3) is 0 Å². The number of rotatable bonds is 5. The lowest BCUT2D eigenvalue weighted by molar-refractivity contribution is -0.131. The van der Waals surface area contributed by atoms with Crippen LogP contribution in [0.2, 0.25) is 0 Å². The highest BCUT2D eigenvalue weighted by molar-refractivity contribution is 5.76. The fourth-order valence-electron chi connectivity index (χ4n) is 5.70. The normalized spacial score (nSPS) is 27.5. The Hall–Kier alpha value is -1.36. The van der Waals surface area contributed by atoms with Crippen molar-refractivity contribution in [2.45, 2.75) is 71.3 Å². The molecule has 1 amide bonds. The summed E-state index contributed by atoms with van der Waals surface area (Å²) in [6.07, 6.45) is 15.4. The van der Waals surface area contributed by atoms with Crippen molar-refractivity contribution < 1.29 is 4.79 Å². The molecule has 1 aliphatic carbocycles. The van der Waals surface area contributed by atoms with Crippen molar-refractivity contribution in [3.05, 3.63) is 18.2 Å². The van der Waals surface area contributed by atoms with E-state index in [1.165, 1.54) is 71.0 Å². The summed E-state index contributed by atoms with van der Waals surface area (Å²) in [6.45, 7) is 8.48. The Morgan fingerprint density at radius 2 is 2.00 bits per heavy atom. The second-order valence-corrected chi connectivity index (χ2v) is 9.33. The highest BCUT2D eigenvalue weighted by Gasteiger charge is 2.42. The molecule has 0 radical (unpaired) electrons. The van der Waals surface area contributed by atoms with Gasteiger partial charge in [0.2, 0.25) is 5.91 Å². The van der Waals surface area contributed by atoms with E-state index >= 15 is 0 Å². The van der Waals surface area contributed by atoms with Crippen LogP contribution in [0.5, 0.6) is 0 Å². The largest absolute Gasteiger partial charge is 0.342 e. The molecule has 5 heteroatoms. The smallest absolute Gasteiger partial charge is 0.224 e. The number of hydrogen-bond donors (Lipinski definition) is 0. The lowest BCUT2D eigenvalue weighted by atomic mass is 9.78. The van der Waals surface area contributed by atoms with E-state index in [1.807, 2.05) is 19.3 Å². The number of aryl methyl sites for hydroxylation is 2. The topological polar surface area (TPSA) is 41.4 Å². The molecular formula is C22H36N4O. The van der Waals surface area contributed by atoms with E-state index in [0.717, 1.165) is 31.4 Å². The first-order valence-electron chi connectivity index (χ1n) is 11.1. The van der Waals surface area contributed by atoms with Crippen molar-refractivity contribution in [3.8, 4) is 0 Å². The zero-order valence-electron chi connectivity index (χ0n) is 17.0. The number of amides is 1. The summed E-state index contributed by atoms with van der Waals surface area (Å²) in [5.41, 5.74) is 0.369. The molecule has 150 valence electrons. The molecule has 0 unspecified atom stereocenters. The fraction of sp³-hybridized carbons (Fsp3) is 0.818. The molecule has 1 atom stereocenters.